The van der Waals surface area contributed by atoms with Crippen molar-refractivity contribution in [1.82, 2.24) is 0 Å². The molecule has 0 aliphatic carbocycles. The molecule has 1 aromatic carbocycles. The Bertz CT molecular complexity index is 337. The van der Waals surface area contributed by atoms with E-state index in [-0.39, 0.29) is 6.04 Å². The lowest BCUT2D eigenvalue weighted by atomic mass is 10.1. The topological polar surface area (TPSA) is 26.0 Å². The van der Waals surface area contributed by atoms with Crippen LogP contribution in [0.5, 0.6) is 0 Å². The van der Waals surface area contributed by atoms with Gasteiger partial charge in [-0.1, -0.05) is 31.5 Å². The van der Waals surface area contributed by atoms with Gasteiger partial charge in [0.1, 0.15) is 0 Å². The number of thioether (sulfide) groups is 1. The molecule has 1 unspecified atom stereocenters. The third-order valence-electron chi connectivity index (χ3n) is 2.13. The summed E-state index contributed by atoms with van der Waals surface area (Å²) in [7, 11) is 0. The fourth-order valence-corrected chi connectivity index (χ4v) is 2.66. The van der Waals surface area contributed by atoms with Crippen molar-refractivity contribution >= 4 is 23.4 Å². The average molecular weight is 258 g/mol. The summed E-state index contributed by atoms with van der Waals surface area (Å²) in [5, 5.41) is 0.851. The lowest BCUT2D eigenvalue weighted by Crippen LogP contribution is -2.17. The van der Waals surface area contributed by atoms with E-state index in [1.165, 1.54) is 10.5 Å². The fourth-order valence-electron chi connectivity index (χ4n) is 1.42. The molecule has 1 nitrogen and oxygen atoms in total. The Balaban J connectivity index is 2.67. The Kier molecular flexibility index (Phi) is 5.67. The summed E-state index contributed by atoms with van der Waals surface area (Å²) in [5.74, 6) is 1.79. The van der Waals surface area contributed by atoms with Gasteiger partial charge in [-0.15, -0.1) is 11.8 Å². The molecule has 0 spiro atoms. The molecular weight excluding hydrogens is 238 g/mol. The van der Waals surface area contributed by atoms with Gasteiger partial charge in [-0.25, -0.2) is 0 Å². The molecule has 0 saturated carbocycles. The monoisotopic (exact) mass is 257 g/mol. The van der Waals surface area contributed by atoms with E-state index in [1.54, 1.807) is 0 Å². The van der Waals surface area contributed by atoms with Crippen LogP contribution in [0.1, 0.15) is 26.3 Å². The minimum Gasteiger partial charge on any atom is -0.328 e. The van der Waals surface area contributed by atoms with Crippen LogP contribution in [0.3, 0.4) is 0 Å². The maximum atomic E-state index is 6.23. The van der Waals surface area contributed by atoms with Crippen LogP contribution in [-0.4, -0.2) is 11.8 Å². The molecule has 2 N–H and O–H groups in total. The summed E-state index contributed by atoms with van der Waals surface area (Å²) >= 11 is 8.05. The molecule has 0 amide bonds. The predicted octanol–water partition coefficient (Wildman–Crippen LogP) is 3.98. The Hall–Kier alpha value is -0.180. The maximum absolute atomic E-state index is 6.23. The number of hydrogen-bond acceptors (Lipinski definition) is 2. The van der Waals surface area contributed by atoms with Crippen LogP contribution in [0, 0.1) is 5.92 Å². The van der Waals surface area contributed by atoms with Gasteiger partial charge in [0.15, 0.2) is 0 Å². The first-order chi connectivity index (χ1) is 7.49. The van der Waals surface area contributed by atoms with Gasteiger partial charge in [0.2, 0.25) is 0 Å². The van der Waals surface area contributed by atoms with Gasteiger partial charge >= 0.3 is 0 Å². The van der Waals surface area contributed by atoms with Crippen LogP contribution in [0.4, 0.5) is 0 Å². The molecule has 1 rings (SSSR count). The smallest absolute Gasteiger partial charge is 0.0544 e. The molecule has 0 heterocycles. The van der Waals surface area contributed by atoms with Crippen molar-refractivity contribution < 1.29 is 0 Å². The van der Waals surface area contributed by atoms with Crippen LogP contribution >= 0.6 is 23.4 Å². The van der Waals surface area contributed by atoms with E-state index < -0.39 is 0 Å². The van der Waals surface area contributed by atoms with Crippen molar-refractivity contribution in [3.63, 3.8) is 0 Å². The SMILES string of the molecule is CC(C)CSc1ccc(CC(C)N)cc1Cl. The Morgan fingerprint density at radius 1 is 1.31 bits per heavy atom. The maximum Gasteiger partial charge on any atom is 0.0544 e. The highest BCUT2D eigenvalue weighted by atomic mass is 35.5. The van der Waals surface area contributed by atoms with Crippen LogP contribution in [0.15, 0.2) is 23.1 Å². The molecule has 3 heteroatoms. The van der Waals surface area contributed by atoms with E-state index in [2.05, 4.69) is 26.0 Å². The summed E-state index contributed by atoms with van der Waals surface area (Å²) in [6, 6.07) is 6.45. The Morgan fingerprint density at radius 3 is 2.50 bits per heavy atom. The van der Waals surface area contributed by atoms with Crippen LogP contribution in [-0.2, 0) is 6.42 Å². The summed E-state index contributed by atoms with van der Waals surface area (Å²) < 4.78 is 0. The average Bonchev–Trinajstić information content (AvgIpc) is 2.15. The third-order valence-corrected chi connectivity index (χ3v) is 4.05. The zero-order valence-corrected chi connectivity index (χ0v) is 11.7. The van der Waals surface area contributed by atoms with Gasteiger partial charge in [-0.3, -0.25) is 0 Å². The van der Waals surface area contributed by atoms with E-state index in [0.717, 1.165) is 17.2 Å². The Labute approximate surface area is 108 Å². The zero-order chi connectivity index (χ0) is 12.1. The molecule has 0 saturated heterocycles. The molecule has 0 aliphatic heterocycles. The van der Waals surface area contributed by atoms with Crippen molar-refractivity contribution in [2.45, 2.75) is 38.1 Å². The van der Waals surface area contributed by atoms with Crippen molar-refractivity contribution in [2.75, 3.05) is 5.75 Å². The number of nitrogens with two attached hydrogens (primary N) is 1. The third kappa shape index (κ3) is 4.77. The minimum absolute atomic E-state index is 0.185. The number of halogens is 1. The minimum atomic E-state index is 0.185. The molecule has 1 aromatic rings. The second-order valence-corrected chi connectivity index (χ2v) is 6.12. The van der Waals surface area contributed by atoms with E-state index in [9.17, 15) is 0 Å². The fraction of sp³-hybridized carbons (Fsp3) is 0.538. The van der Waals surface area contributed by atoms with Crippen molar-refractivity contribution in [1.29, 1.82) is 0 Å². The van der Waals surface area contributed by atoms with Crippen molar-refractivity contribution in [3.8, 4) is 0 Å². The van der Waals surface area contributed by atoms with E-state index in [4.69, 9.17) is 17.3 Å². The zero-order valence-electron chi connectivity index (χ0n) is 10.2. The Morgan fingerprint density at radius 2 is 2.00 bits per heavy atom. The quantitative estimate of drug-likeness (QED) is 0.808. The van der Waals surface area contributed by atoms with Gasteiger partial charge < -0.3 is 5.73 Å². The molecule has 90 valence electrons. The lowest BCUT2D eigenvalue weighted by molar-refractivity contribution is 0.737. The standard InChI is InChI=1S/C13H20ClNS/c1-9(2)8-16-13-5-4-11(6-10(3)15)7-12(13)14/h4-5,7,9-10H,6,8,15H2,1-3H3. The number of hydrogen-bond donors (Lipinski definition) is 1. The second kappa shape index (κ2) is 6.53. The molecule has 0 bridgehead atoms. The largest absolute Gasteiger partial charge is 0.328 e. The first-order valence-electron chi connectivity index (χ1n) is 5.66. The summed E-state index contributed by atoms with van der Waals surface area (Å²) in [6.45, 7) is 6.44. The van der Waals surface area contributed by atoms with E-state index in [1.807, 2.05) is 24.8 Å². The summed E-state index contributed by atoms with van der Waals surface area (Å²) in [6.07, 6.45) is 0.884. The lowest BCUT2D eigenvalue weighted by Gasteiger charge is -2.09. The van der Waals surface area contributed by atoms with Gasteiger partial charge in [-0.2, -0.15) is 0 Å². The highest BCUT2D eigenvalue weighted by Gasteiger charge is 2.05. The number of benzene rings is 1. The first-order valence-corrected chi connectivity index (χ1v) is 7.02. The van der Waals surface area contributed by atoms with Crippen LogP contribution in [0.25, 0.3) is 0 Å². The van der Waals surface area contributed by atoms with Gasteiger partial charge in [-0.05, 0) is 37.0 Å². The van der Waals surface area contributed by atoms with Crippen molar-refractivity contribution in [2.24, 2.45) is 11.7 Å². The van der Waals surface area contributed by atoms with Crippen LogP contribution < -0.4 is 5.73 Å². The van der Waals surface area contributed by atoms with Gasteiger partial charge in [0.25, 0.3) is 0 Å². The first kappa shape index (κ1) is 13.9. The predicted molar refractivity (Wildman–Crippen MR) is 74.4 cm³/mol. The molecule has 0 aromatic heterocycles. The molecule has 0 radical (unpaired) electrons. The number of rotatable bonds is 5. The van der Waals surface area contributed by atoms with E-state index in [0.29, 0.717) is 5.92 Å². The molecule has 0 fully saturated rings. The highest BCUT2D eigenvalue weighted by molar-refractivity contribution is 7.99. The molecule has 1 atom stereocenters. The van der Waals surface area contributed by atoms with Crippen LogP contribution in [0.2, 0.25) is 5.02 Å². The summed E-state index contributed by atoms with van der Waals surface area (Å²) in [4.78, 5) is 1.17. The molecule has 0 aliphatic rings. The molecular formula is C13H20ClNS. The van der Waals surface area contributed by atoms with Gasteiger partial charge in [0.05, 0.1) is 5.02 Å². The normalized spacial score (nSPS) is 13.1. The summed E-state index contributed by atoms with van der Waals surface area (Å²) in [5.41, 5.74) is 6.98. The highest BCUT2D eigenvalue weighted by Crippen LogP contribution is 2.29. The van der Waals surface area contributed by atoms with E-state index >= 15 is 0 Å². The van der Waals surface area contributed by atoms with Gasteiger partial charge in [0, 0.05) is 16.7 Å². The van der Waals surface area contributed by atoms with Crippen molar-refractivity contribution in [3.05, 3.63) is 28.8 Å². The molecule has 16 heavy (non-hydrogen) atoms. The second-order valence-electron chi connectivity index (χ2n) is 4.65.